The van der Waals surface area contributed by atoms with Gasteiger partial charge in [0.15, 0.2) is 0 Å². The maximum Gasteiger partial charge on any atom is 0.573 e. The molecule has 0 unspecified atom stereocenters. The first-order valence-corrected chi connectivity index (χ1v) is 10.0. The van der Waals surface area contributed by atoms with Crippen LogP contribution < -0.4 is 24.8 Å². The SMILES string of the molecule is CCCc1ccccc1Oc1nc(OC)ccc1NC(=O)Nc1ccc(OC(F)(F)F)cc1. The van der Waals surface area contributed by atoms with Crippen molar-refractivity contribution in [2.24, 2.45) is 0 Å². The third-order valence-electron chi connectivity index (χ3n) is 4.34. The van der Waals surface area contributed by atoms with E-state index in [1.54, 1.807) is 18.2 Å². The normalized spacial score (nSPS) is 10.9. The summed E-state index contributed by atoms with van der Waals surface area (Å²) in [5.74, 6) is 0.629. The summed E-state index contributed by atoms with van der Waals surface area (Å²) >= 11 is 0. The van der Waals surface area contributed by atoms with Crippen LogP contribution in [0.1, 0.15) is 18.9 Å². The molecule has 3 aromatic rings. The summed E-state index contributed by atoms with van der Waals surface area (Å²) in [6, 6.07) is 14.7. The maximum atomic E-state index is 12.5. The van der Waals surface area contributed by atoms with Gasteiger partial charge in [-0.3, -0.25) is 0 Å². The Morgan fingerprint density at radius 1 is 1.00 bits per heavy atom. The van der Waals surface area contributed by atoms with Crippen LogP contribution in [-0.4, -0.2) is 24.5 Å². The second-order valence-corrected chi connectivity index (χ2v) is 6.82. The number of aryl methyl sites for hydroxylation is 1. The van der Waals surface area contributed by atoms with Gasteiger partial charge in [0.2, 0.25) is 11.8 Å². The number of anilines is 2. The fraction of sp³-hybridized carbons (Fsp3) is 0.217. The zero-order chi connectivity index (χ0) is 23.8. The number of methoxy groups -OCH3 is 1. The number of amides is 2. The molecule has 3 rings (SSSR count). The number of ether oxygens (including phenoxy) is 3. The number of hydrogen-bond acceptors (Lipinski definition) is 5. The van der Waals surface area contributed by atoms with Gasteiger partial charge in [-0.1, -0.05) is 31.5 Å². The average molecular weight is 461 g/mol. The Kier molecular flexibility index (Phi) is 7.60. The van der Waals surface area contributed by atoms with Crippen LogP contribution in [-0.2, 0) is 6.42 Å². The van der Waals surface area contributed by atoms with E-state index in [4.69, 9.17) is 9.47 Å². The second-order valence-electron chi connectivity index (χ2n) is 6.82. The van der Waals surface area contributed by atoms with Crippen LogP contribution in [0.2, 0.25) is 0 Å². The molecule has 0 saturated carbocycles. The summed E-state index contributed by atoms with van der Waals surface area (Å²) < 4.78 is 51.8. The fourth-order valence-corrected chi connectivity index (χ4v) is 2.92. The first-order chi connectivity index (χ1) is 15.8. The average Bonchev–Trinajstić information content (AvgIpc) is 2.77. The largest absolute Gasteiger partial charge is 0.573 e. The summed E-state index contributed by atoms with van der Waals surface area (Å²) in [4.78, 5) is 16.8. The maximum absolute atomic E-state index is 12.5. The van der Waals surface area contributed by atoms with Crippen molar-refractivity contribution in [2.75, 3.05) is 17.7 Å². The molecule has 33 heavy (non-hydrogen) atoms. The lowest BCUT2D eigenvalue weighted by molar-refractivity contribution is -0.274. The first-order valence-electron chi connectivity index (χ1n) is 10.0. The number of carbonyl (C=O) groups is 1. The molecule has 174 valence electrons. The minimum atomic E-state index is -4.79. The summed E-state index contributed by atoms with van der Waals surface area (Å²) in [7, 11) is 1.46. The number of hydrogen-bond donors (Lipinski definition) is 2. The number of nitrogens with zero attached hydrogens (tertiary/aromatic N) is 1. The van der Waals surface area contributed by atoms with Crippen molar-refractivity contribution < 1.29 is 32.2 Å². The van der Waals surface area contributed by atoms with Crippen molar-refractivity contribution in [3.8, 4) is 23.3 Å². The van der Waals surface area contributed by atoms with Gasteiger partial charge in [-0.05, 0) is 48.4 Å². The molecule has 0 atom stereocenters. The topological polar surface area (TPSA) is 81.7 Å². The zero-order valence-electron chi connectivity index (χ0n) is 17.9. The van der Waals surface area contributed by atoms with Crippen LogP contribution in [0.3, 0.4) is 0 Å². The first kappa shape index (κ1) is 23.7. The molecular weight excluding hydrogens is 439 g/mol. The van der Waals surface area contributed by atoms with Gasteiger partial charge in [-0.25, -0.2) is 4.79 Å². The van der Waals surface area contributed by atoms with Gasteiger partial charge >= 0.3 is 12.4 Å². The molecule has 0 bridgehead atoms. The summed E-state index contributed by atoms with van der Waals surface area (Å²) in [6.45, 7) is 2.06. The Morgan fingerprint density at radius 3 is 2.39 bits per heavy atom. The highest BCUT2D eigenvalue weighted by molar-refractivity contribution is 6.00. The summed E-state index contributed by atoms with van der Waals surface area (Å²) in [6.07, 6.45) is -3.07. The van der Waals surface area contributed by atoms with E-state index in [1.165, 1.54) is 19.2 Å². The molecule has 0 aliphatic heterocycles. The van der Waals surface area contributed by atoms with Crippen molar-refractivity contribution in [3.63, 3.8) is 0 Å². The van der Waals surface area contributed by atoms with Crippen molar-refractivity contribution in [1.29, 1.82) is 0 Å². The van der Waals surface area contributed by atoms with E-state index in [0.29, 0.717) is 11.6 Å². The van der Waals surface area contributed by atoms with Gasteiger partial charge in [0.05, 0.1) is 7.11 Å². The molecule has 0 fully saturated rings. The van der Waals surface area contributed by atoms with Crippen molar-refractivity contribution in [1.82, 2.24) is 4.98 Å². The van der Waals surface area contributed by atoms with Crippen LogP contribution >= 0.6 is 0 Å². The smallest absolute Gasteiger partial charge is 0.481 e. The number of para-hydroxylation sites is 1. The Balaban J connectivity index is 1.75. The van der Waals surface area contributed by atoms with E-state index in [1.807, 2.05) is 18.2 Å². The fourth-order valence-electron chi connectivity index (χ4n) is 2.92. The van der Waals surface area contributed by atoms with Crippen molar-refractivity contribution in [2.45, 2.75) is 26.1 Å². The number of urea groups is 1. The molecule has 7 nitrogen and oxygen atoms in total. The molecular formula is C23H22F3N3O4. The molecule has 1 heterocycles. The van der Waals surface area contributed by atoms with Crippen molar-refractivity contribution in [3.05, 3.63) is 66.2 Å². The molecule has 0 aliphatic carbocycles. The lowest BCUT2D eigenvalue weighted by Crippen LogP contribution is -2.20. The Hall–Kier alpha value is -3.95. The van der Waals surface area contributed by atoms with Gasteiger partial charge in [0, 0.05) is 11.8 Å². The van der Waals surface area contributed by atoms with Crippen LogP contribution in [0, 0.1) is 0 Å². The van der Waals surface area contributed by atoms with Crippen LogP contribution in [0.25, 0.3) is 0 Å². The monoisotopic (exact) mass is 461 g/mol. The third-order valence-corrected chi connectivity index (χ3v) is 4.34. The van der Waals surface area contributed by atoms with E-state index in [0.717, 1.165) is 30.5 Å². The number of pyridine rings is 1. The number of benzene rings is 2. The van der Waals surface area contributed by atoms with E-state index in [2.05, 4.69) is 27.3 Å². The molecule has 0 saturated heterocycles. The van der Waals surface area contributed by atoms with Gasteiger partial charge in [-0.15, -0.1) is 13.2 Å². The van der Waals surface area contributed by atoms with Crippen LogP contribution in [0.15, 0.2) is 60.7 Å². The Labute approximate surface area is 188 Å². The number of aromatic nitrogens is 1. The predicted molar refractivity (Wildman–Crippen MR) is 117 cm³/mol. The Bertz CT molecular complexity index is 1090. The number of halogens is 3. The van der Waals surface area contributed by atoms with Crippen molar-refractivity contribution >= 4 is 17.4 Å². The number of nitrogens with one attached hydrogen (secondary N) is 2. The minimum Gasteiger partial charge on any atom is -0.481 e. The lowest BCUT2D eigenvalue weighted by atomic mass is 10.1. The molecule has 10 heteroatoms. The number of carbonyl (C=O) groups excluding carboxylic acids is 1. The van der Waals surface area contributed by atoms with E-state index in [-0.39, 0.29) is 17.3 Å². The minimum absolute atomic E-state index is 0.127. The predicted octanol–water partition coefficient (Wildman–Crippen LogP) is 6.38. The molecule has 0 radical (unpaired) electrons. The zero-order valence-corrected chi connectivity index (χ0v) is 17.9. The van der Waals surface area contributed by atoms with E-state index < -0.39 is 18.1 Å². The lowest BCUT2D eigenvalue weighted by Gasteiger charge is -2.15. The van der Waals surface area contributed by atoms with E-state index in [9.17, 15) is 18.0 Å². The standard InChI is InChI=1S/C23H22F3N3O4/c1-3-6-15-7-4-5-8-19(15)32-21-18(13-14-20(29-21)31-2)28-22(30)27-16-9-11-17(12-10-16)33-23(24,25)26/h4-5,7-14H,3,6H2,1-2H3,(H2,27,28,30). The highest BCUT2D eigenvalue weighted by atomic mass is 19.4. The number of rotatable bonds is 8. The second kappa shape index (κ2) is 10.6. The van der Waals surface area contributed by atoms with Crippen LogP contribution in [0.5, 0.6) is 23.3 Å². The summed E-state index contributed by atoms with van der Waals surface area (Å²) in [5.41, 5.74) is 1.53. The van der Waals surface area contributed by atoms with Gasteiger partial charge < -0.3 is 24.8 Å². The molecule has 2 amide bonds. The molecule has 1 aromatic heterocycles. The molecule has 2 aromatic carbocycles. The van der Waals surface area contributed by atoms with Gasteiger partial charge in [0.25, 0.3) is 0 Å². The van der Waals surface area contributed by atoms with Gasteiger partial charge in [-0.2, -0.15) is 4.98 Å². The Morgan fingerprint density at radius 2 is 1.73 bits per heavy atom. The number of alkyl halides is 3. The third kappa shape index (κ3) is 7.03. The van der Waals surface area contributed by atoms with E-state index >= 15 is 0 Å². The van der Waals surface area contributed by atoms with Crippen LogP contribution in [0.4, 0.5) is 29.3 Å². The summed E-state index contributed by atoms with van der Waals surface area (Å²) in [5, 5.41) is 5.16. The molecule has 0 aliphatic rings. The van der Waals surface area contributed by atoms with Gasteiger partial charge in [0.1, 0.15) is 17.2 Å². The molecule has 0 spiro atoms. The highest BCUT2D eigenvalue weighted by Gasteiger charge is 2.31. The molecule has 2 N–H and O–H groups in total. The highest BCUT2D eigenvalue weighted by Crippen LogP contribution is 2.32. The quantitative estimate of drug-likeness (QED) is 0.407.